The topological polar surface area (TPSA) is 57.0 Å². The number of benzene rings is 1. The Morgan fingerprint density at radius 3 is 2.95 bits per heavy atom. The monoisotopic (exact) mass is 273 g/mol. The number of methoxy groups -OCH3 is 1. The van der Waals surface area contributed by atoms with Crippen LogP contribution in [0.1, 0.15) is 15.4 Å². The number of fused-ring (bicyclic) bond motifs is 1. The summed E-state index contributed by atoms with van der Waals surface area (Å²) in [6.07, 6.45) is 1.71. The summed E-state index contributed by atoms with van der Waals surface area (Å²) < 4.78 is 6.62. The van der Waals surface area contributed by atoms with E-state index in [-0.39, 0.29) is 5.97 Å². The van der Waals surface area contributed by atoms with E-state index in [1.54, 1.807) is 13.3 Å². The Labute approximate surface area is 113 Å². The smallest absolute Gasteiger partial charge is 0.350 e. The predicted molar refractivity (Wildman–Crippen MR) is 72.8 cm³/mol. The fourth-order valence-electron chi connectivity index (χ4n) is 1.88. The Morgan fingerprint density at radius 2 is 2.16 bits per heavy atom. The molecule has 0 aliphatic heterocycles. The average molecular weight is 273 g/mol. The van der Waals surface area contributed by atoms with Gasteiger partial charge < -0.3 is 4.74 Å². The van der Waals surface area contributed by atoms with Crippen molar-refractivity contribution in [2.24, 2.45) is 0 Å². The number of imidazole rings is 1. The Balaban J connectivity index is 2.15. The van der Waals surface area contributed by atoms with Gasteiger partial charge in [-0.05, 0) is 19.1 Å². The second-order valence-electron chi connectivity index (χ2n) is 4.01. The Hall–Kier alpha value is -2.21. The molecule has 0 amide bonds. The quantitative estimate of drug-likeness (QED) is 0.673. The van der Waals surface area contributed by atoms with E-state index < -0.39 is 0 Å². The molecule has 0 saturated carbocycles. The van der Waals surface area contributed by atoms with E-state index in [0.717, 1.165) is 11.0 Å². The van der Waals surface area contributed by atoms with Crippen LogP contribution in [0.2, 0.25) is 0 Å². The lowest BCUT2D eigenvalue weighted by Gasteiger charge is -1.97. The van der Waals surface area contributed by atoms with Gasteiger partial charge in [0.1, 0.15) is 11.2 Å². The number of aromatic nitrogens is 3. The van der Waals surface area contributed by atoms with Crippen molar-refractivity contribution in [3.63, 3.8) is 0 Å². The van der Waals surface area contributed by atoms with Gasteiger partial charge in [0.05, 0.1) is 23.8 Å². The standard InChI is InChI=1S/C13H11N3O2S/c1-8-11(12(17)18-2)19-13(15-8)16-7-14-9-5-3-4-6-10(9)16/h3-7H,1-2H3. The minimum atomic E-state index is -0.356. The Kier molecular flexibility index (Phi) is 2.79. The van der Waals surface area contributed by atoms with Gasteiger partial charge in [0.15, 0.2) is 5.13 Å². The summed E-state index contributed by atoms with van der Waals surface area (Å²) in [5.41, 5.74) is 2.53. The number of hydrogen-bond donors (Lipinski definition) is 0. The Morgan fingerprint density at radius 1 is 1.37 bits per heavy atom. The molecule has 0 spiro atoms. The lowest BCUT2D eigenvalue weighted by atomic mass is 10.3. The van der Waals surface area contributed by atoms with Crippen LogP contribution >= 0.6 is 11.3 Å². The first-order valence-corrected chi connectivity index (χ1v) is 6.50. The van der Waals surface area contributed by atoms with Crippen LogP contribution in [0.5, 0.6) is 0 Å². The van der Waals surface area contributed by atoms with E-state index in [2.05, 4.69) is 9.97 Å². The number of thiazole rings is 1. The number of aryl methyl sites for hydroxylation is 1. The summed E-state index contributed by atoms with van der Waals surface area (Å²) in [5, 5.41) is 0.714. The van der Waals surface area contributed by atoms with Crippen molar-refractivity contribution in [2.75, 3.05) is 7.11 Å². The van der Waals surface area contributed by atoms with Crippen molar-refractivity contribution in [2.45, 2.75) is 6.92 Å². The summed E-state index contributed by atoms with van der Waals surface area (Å²) in [7, 11) is 1.37. The molecule has 0 saturated heterocycles. The van der Waals surface area contributed by atoms with Gasteiger partial charge in [0.2, 0.25) is 0 Å². The van der Waals surface area contributed by atoms with Gasteiger partial charge >= 0.3 is 5.97 Å². The van der Waals surface area contributed by atoms with Crippen molar-refractivity contribution in [1.82, 2.24) is 14.5 Å². The minimum Gasteiger partial charge on any atom is -0.465 e. The molecule has 0 aliphatic carbocycles. The van der Waals surface area contributed by atoms with Crippen LogP contribution in [0.4, 0.5) is 0 Å². The molecule has 5 nitrogen and oxygen atoms in total. The summed E-state index contributed by atoms with van der Waals surface area (Å²) in [6, 6.07) is 7.79. The number of rotatable bonds is 2. The van der Waals surface area contributed by atoms with Crippen LogP contribution in [0.3, 0.4) is 0 Å². The Bertz CT molecular complexity index is 760. The van der Waals surface area contributed by atoms with Crippen molar-refractivity contribution in [3.05, 3.63) is 41.2 Å². The molecule has 0 radical (unpaired) electrons. The third-order valence-corrected chi connectivity index (χ3v) is 3.95. The number of nitrogens with zero attached hydrogens (tertiary/aromatic N) is 3. The molecule has 96 valence electrons. The van der Waals surface area contributed by atoms with E-state index in [1.165, 1.54) is 18.4 Å². The highest BCUT2D eigenvalue weighted by molar-refractivity contribution is 7.16. The first-order valence-electron chi connectivity index (χ1n) is 5.69. The highest BCUT2D eigenvalue weighted by Gasteiger charge is 2.17. The maximum Gasteiger partial charge on any atom is 0.350 e. The molecule has 3 aromatic rings. The van der Waals surface area contributed by atoms with E-state index in [9.17, 15) is 4.79 Å². The van der Waals surface area contributed by atoms with Gasteiger partial charge in [-0.2, -0.15) is 0 Å². The van der Waals surface area contributed by atoms with Crippen molar-refractivity contribution in [1.29, 1.82) is 0 Å². The minimum absolute atomic E-state index is 0.356. The third kappa shape index (κ3) is 1.90. The molecule has 0 fully saturated rings. The maximum absolute atomic E-state index is 11.6. The molecule has 2 aromatic heterocycles. The SMILES string of the molecule is COC(=O)c1sc(-n2cnc3ccccc32)nc1C. The van der Waals surface area contributed by atoms with Gasteiger partial charge in [-0.15, -0.1) is 0 Å². The zero-order valence-corrected chi connectivity index (χ0v) is 11.3. The van der Waals surface area contributed by atoms with Gasteiger partial charge in [0.25, 0.3) is 0 Å². The number of carbonyl (C=O) groups excluding carboxylic acids is 1. The molecule has 0 atom stereocenters. The molecule has 19 heavy (non-hydrogen) atoms. The van der Waals surface area contributed by atoms with Crippen LogP contribution in [-0.2, 0) is 4.74 Å². The van der Waals surface area contributed by atoms with Crippen LogP contribution in [0.15, 0.2) is 30.6 Å². The van der Waals surface area contributed by atoms with E-state index in [4.69, 9.17) is 4.74 Å². The predicted octanol–water partition coefficient (Wildman–Crippen LogP) is 2.58. The number of hydrogen-bond acceptors (Lipinski definition) is 5. The maximum atomic E-state index is 11.6. The molecular formula is C13H11N3O2S. The fraction of sp³-hybridized carbons (Fsp3) is 0.154. The molecule has 0 N–H and O–H groups in total. The lowest BCUT2D eigenvalue weighted by Crippen LogP contribution is -1.99. The van der Waals surface area contributed by atoms with Crippen LogP contribution in [0.25, 0.3) is 16.2 Å². The molecule has 6 heteroatoms. The first-order chi connectivity index (χ1) is 9.20. The molecule has 3 rings (SSSR count). The van der Waals surface area contributed by atoms with Gasteiger partial charge in [-0.3, -0.25) is 4.57 Å². The number of ether oxygens (including phenoxy) is 1. The average Bonchev–Trinajstić information content (AvgIpc) is 3.01. The van der Waals surface area contributed by atoms with Gasteiger partial charge in [-0.25, -0.2) is 14.8 Å². The highest BCUT2D eigenvalue weighted by atomic mass is 32.1. The molecular weight excluding hydrogens is 262 g/mol. The highest BCUT2D eigenvalue weighted by Crippen LogP contribution is 2.25. The van der Waals surface area contributed by atoms with Gasteiger partial charge in [0, 0.05) is 0 Å². The summed E-state index contributed by atoms with van der Waals surface area (Å²) >= 11 is 1.30. The molecule has 2 heterocycles. The molecule has 1 aromatic carbocycles. The number of para-hydroxylation sites is 2. The second kappa shape index (κ2) is 4.47. The van der Waals surface area contributed by atoms with Crippen LogP contribution < -0.4 is 0 Å². The number of esters is 1. The first kappa shape index (κ1) is 11.9. The zero-order chi connectivity index (χ0) is 13.4. The number of carbonyl (C=O) groups is 1. The van der Waals surface area contributed by atoms with E-state index in [0.29, 0.717) is 15.7 Å². The van der Waals surface area contributed by atoms with E-state index in [1.807, 2.05) is 28.8 Å². The second-order valence-corrected chi connectivity index (χ2v) is 4.98. The van der Waals surface area contributed by atoms with Gasteiger partial charge in [-0.1, -0.05) is 23.5 Å². The summed E-state index contributed by atoms with van der Waals surface area (Å²) in [5.74, 6) is -0.356. The molecule has 0 bridgehead atoms. The molecule has 0 unspecified atom stereocenters. The largest absolute Gasteiger partial charge is 0.465 e. The summed E-state index contributed by atoms with van der Waals surface area (Å²) in [6.45, 7) is 1.80. The normalized spacial score (nSPS) is 10.8. The molecule has 0 aliphatic rings. The third-order valence-electron chi connectivity index (χ3n) is 2.82. The van der Waals surface area contributed by atoms with Crippen LogP contribution in [0, 0.1) is 6.92 Å². The fourth-order valence-corrected chi connectivity index (χ4v) is 2.85. The van der Waals surface area contributed by atoms with Crippen molar-refractivity contribution >= 4 is 28.3 Å². The van der Waals surface area contributed by atoms with Crippen LogP contribution in [-0.4, -0.2) is 27.6 Å². The zero-order valence-electron chi connectivity index (χ0n) is 10.5. The van der Waals surface area contributed by atoms with Crippen molar-refractivity contribution in [3.8, 4) is 5.13 Å². The van der Waals surface area contributed by atoms with Crippen molar-refractivity contribution < 1.29 is 9.53 Å². The lowest BCUT2D eigenvalue weighted by molar-refractivity contribution is 0.0605. The van der Waals surface area contributed by atoms with E-state index >= 15 is 0 Å². The summed E-state index contributed by atoms with van der Waals surface area (Å²) in [4.78, 5) is 20.9.